The number of hydrogen-bond acceptors (Lipinski definition) is 5. The van der Waals surface area contributed by atoms with Crippen LogP contribution >= 0.6 is 0 Å². The topological polar surface area (TPSA) is 73.5 Å². The fourth-order valence-electron chi connectivity index (χ4n) is 5.72. The lowest BCUT2D eigenvalue weighted by molar-refractivity contribution is -0.0839. The molecular formula is C29H31N3O4S. The third kappa shape index (κ3) is 4.23. The first-order valence-corrected chi connectivity index (χ1v) is 14.1. The van der Waals surface area contributed by atoms with Gasteiger partial charge in [0, 0.05) is 68.7 Å². The van der Waals surface area contributed by atoms with Gasteiger partial charge in [0.2, 0.25) is 0 Å². The van der Waals surface area contributed by atoms with Crippen molar-refractivity contribution in [1.29, 1.82) is 0 Å². The van der Waals surface area contributed by atoms with E-state index in [9.17, 15) is 13.2 Å². The maximum atomic E-state index is 13.6. The van der Waals surface area contributed by atoms with E-state index in [1.165, 1.54) is 10.1 Å². The first kappa shape index (κ1) is 24.2. The van der Waals surface area contributed by atoms with Crippen LogP contribution in [0.4, 0.5) is 0 Å². The minimum absolute atomic E-state index is 0.152. The van der Waals surface area contributed by atoms with E-state index in [-0.39, 0.29) is 16.0 Å². The van der Waals surface area contributed by atoms with E-state index in [4.69, 9.17) is 4.74 Å². The molecule has 0 unspecified atom stereocenters. The number of likely N-dealkylation sites (tertiary alicyclic amines) is 1. The molecular weight excluding hydrogens is 486 g/mol. The molecule has 0 radical (unpaired) electrons. The minimum atomic E-state index is -3.95. The van der Waals surface area contributed by atoms with Gasteiger partial charge in [-0.25, -0.2) is 12.4 Å². The Kier molecular flexibility index (Phi) is 5.86. The van der Waals surface area contributed by atoms with Gasteiger partial charge in [-0.15, -0.1) is 0 Å². The van der Waals surface area contributed by atoms with Crippen molar-refractivity contribution in [3.8, 4) is 11.1 Å². The Balaban J connectivity index is 1.33. The Morgan fingerprint density at radius 1 is 0.946 bits per heavy atom. The Morgan fingerprint density at radius 3 is 2.30 bits per heavy atom. The highest BCUT2D eigenvalue weighted by molar-refractivity contribution is 7.90. The molecule has 0 bridgehead atoms. The van der Waals surface area contributed by atoms with Crippen LogP contribution < -0.4 is 5.56 Å². The second-order valence-electron chi connectivity index (χ2n) is 10.6. The largest absolute Gasteiger partial charge is 0.381 e. The van der Waals surface area contributed by atoms with Gasteiger partial charge in [-0.05, 0) is 49.1 Å². The van der Waals surface area contributed by atoms with Crippen LogP contribution in [-0.2, 0) is 28.4 Å². The van der Waals surface area contributed by atoms with Crippen molar-refractivity contribution in [3.05, 3.63) is 88.5 Å². The average molecular weight is 518 g/mol. The summed E-state index contributed by atoms with van der Waals surface area (Å²) in [6.45, 7) is 6.78. The third-order valence-corrected chi connectivity index (χ3v) is 9.59. The van der Waals surface area contributed by atoms with Crippen LogP contribution in [0.5, 0.6) is 0 Å². The first-order valence-electron chi connectivity index (χ1n) is 12.7. The number of benzene rings is 2. The lowest BCUT2D eigenvalue weighted by Crippen LogP contribution is -2.57. The number of aromatic nitrogens is 2. The van der Waals surface area contributed by atoms with Crippen molar-refractivity contribution in [1.82, 2.24) is 13.4 Å². The van der Waals surface area contributed by atoms with Crippen molar-refractivity contribution in [2.24, 2.45) is 12.5 Å². The van der Waals surface area contributed by atoms with Crippen molar-refractivity contribution in [2.75, 3.05) is 26.3 Å². The molecule has 2 aromatic carbocycles. The summed E-state index contributed by atoms with van der Waals surface area (Å²) >= 11 is 0. The molecule has 1 spiro atoms. The molecule has 4 aromatic rings. The van der Waals surface area contributed by atoms with Gasteiger partial charge in [0.25, 0.3) is 15.6 Å². The van der Waals surface area contributed by atoms with E-state index < -0.39 is 10.0 Å². The van der Waals surface area contributed by atoms with Crippen molar-refractivity contribution in [2.45, 2.75) is 31.2 Å². The molecule has 2 saturated heterocycles. The molecule has 0 N–H and O–H groups in total. The molecule has 2 aromatic heterocycles. The van der Waals surface area contributed by atoms with E-state index in [0.717, 1.165) is 66.4 Å². The average Bonchev–Trinajstić information content (AvgIpc) is 3.28. The van der Waals surface area contributed by atoms with Gasteiger partial charge in [-0.1, -0.05) is 42.0 Å². The fraction of sp³-hybridized carbons (Fsp3) is 0.345. The van der Waals surface area contributed by atoms with Gasteiger partial charge < -0.3 is 9.30 Å². The molecule has 7 nitrogen and oxygen atoms in total. The molecule has 0 aliphatic carbocycles. The molecule has 2 aliphatic rings. The summed E-state index contributed by atoms with van der Waals surface area (Å²) in [6, 6.07) is 16.7. The van der Waals surface area contributed by atoms with E-state index in [1.807, 2.05) is 25.1 Å². The smallest absolute Gasteiger partial charge is 0.275 e. The Labute approximate surface area is 217 Å². The summed E-state index contributed by atoms with van der Waals surface area (Å²) in [6.07, 6.45) is 5.57. The van der Waals surface area contributed by atoms with Gasteiger partial charge in [-0.3, -0.25) is 9.69 Å². The van der Waals surface area contributed by atoms with Crippen molar-refractivity contribution >= 4 is 20.9 Å². The van der Waals surface area contributed by atoms with Crippen LogP contribution in [0.3, 0.4) is 0 Å². The maximum absolute atomic E-state index is 13.6. The van der Waals surface area contributed by atoms with Crippen LogP contribution in [0.2, 0.25) is 0 Å². The number of pyridine rings is 1. The van der Waals surface area contributed by atoms with Gasteiger partial charge in [0.15, 0.2) is 0 Å². The van der Waals surface area contributed by atoms with Gasteiger partial charge in [0.1, 0.15) is 5.52 Å². The number of hydrogen-bond donors (Lipinski definition) is 0. The molecule has 4 heterocycles. The molecule has 6 rings (SSSR count). The number of rotatable bonds is 5. The summed E-state index contributed by atoms with van der Waals surface area (Å²) in [7, 11) is -2.32. The zero-order chi connectivity index (χ0) is 25.8. The lowest BCUT2D eigenvalue weighted by atomic mass is 9.73. The summed E-state index contributed by atoms with van der Waals surface area (Å²) in [4.78, 5) is 15.8. The fourth-order valence-corrected chi connectivity index (χ4v) is 7.09. The van der Waals surface area contributed by atoms with E-state index >= 15 is 0 Å². The summed E-state index contributed by atoms with van der Waals surface area (Å²) in [5.41, 5.74) is 4.04. The van der Waals surface area contributed by atoms with E-state index in [2.05, 4.69) is 17.0 Å². The predicted octanol–water partition coefficient (Wildman–Crippen LogP) is 4.16. The Bertz CT molecular complexity index is 1620. The molecule has 2 aliphatic heterocycles. The quantitative estimate of drug-likeness (QED) is 0.397. The molecule has 37 heavy (non-hydrogen) atoms. The number of fused-ring (bicyclic) bond motifs is 1. The standard InChI is InChI=1S/C29H31N3O4S/c1-21-3-9-24(10-4-21)37(34,35)32-18-26(25-11-14-30(2)28(33)27(25)32)23-7-5-22(6-8-23)17-31-19-29(20-31)12-15-36-16-13-29/h3-11,14,18H,12-13,15-17,19-20H2,1-2H3. The van der Waals surface area contributed by atoms with Gasteiger partial charge in [0.05, 0.1) is 4.90 Å². The van der Waals surface area contributed by atoms with E-state index in [0.29, 0.717) is 10.8 Å². The van der Waals surface area contributed by atoms with Crippen molar-refractivity contribution in [3.63, 3.8) is 0 Å². The SMILES string of the molecule is Cc1ccc(S(=O)(=O)n2cc(-c3ccc(CN4CC5(CCOCC5)C4)cc3)c3ccn(C)c(=O)c32)cc1. The number of aryl methyl sites for hydroxylation is 2. The lowest BCUT2D eigenvalue weighted by Gasteiger charge is -2.52. The van der Waals surface area contributed by atoms with Crippen molar-refractivity contribution < 1.29 is 13.2 Å². The Hall–Kier alpha value is -3.20. The van der Waals surface area contributed by atoms with Crippen LogP contribution in [0.1, 0.15) is 24.0 Å². The zero-order valence-corrected chi connectivity index (χ0v) is 22.0. The van der Waals surface area contributed by atoms with Gasteiger partial charge in [-0.2, -0.15) is 0 Å². The van der Waals surface area contributed by atoms with E-state index in [1.54, 1.807) is 43.7 Å². The summed E-state index contributed by atoms with van der Waals surface area (Å²) in [5.74, 6) is 0. The van der Waals surface area contributed by atoms with Crippen LogP contribution in [0, 0.1) is 12.3 Å². The normalized spacial score (nSPS) is 17.8. The van der Waals surface area contributed by atoms with Crippen LogP contribution in [0.15, 0.2) is 76.7 Å². The maximum Gasteiger partial charge on any atom is 0.275 e. The Morgan fingerprint density at radius 2 is 1.62 bits per heavy atom. The third-order valence-electron chi connectivity index (χ3n) is 7.92. The molecule has 2 fully saturated rings. The molecule has 0 saturated carbocycles. The molecule has 0 atom stereocenters. The van der Waals surface area contributed by atoms with Gasteiger partial charge >= 0.3 is 0 Å². The van der Waals surface area contributed by atoms with Crippen LogP contribution in [0.25, 0.3) is 22.0 Å². The first-order chi connectivity index (χ1) is 17.8. The highest BCUT2D eigenvalue weighted by atomic mass is 32.2. The second kappa shape index (κ2) is 8.97. The molecule has 8 heteroatoms. The monoisotopic (exact) mass is 517 g/mol. The summed E-state index contributed by atoms with van der Waals surface area (Å²) < 4.78 is 35.3. The number of nitrogens with zero attached hydrogens (tertiary/aromatic N) is 3. The highest BCUT2D eigenvalue weighted by Gasteiger charge is 2.43. The zero-order valence-electron chi connectivity index (χ0n) is 21.2. The molecule has 192 valence electrons. The summed E-state index contributed by atoms with van der Waals surface area (Å²) in [5, 5.41) is 0.621. The highest BCUT2D eigenvalue weighted by Crippen LogP contribution is 2.40. The predicted molar refractivity (Wildman–Crippen MR) is 144 cm³/mol. The second-order valence-corrected chi connectivity index (χ2v) is 12.4. The minimum Gasteiger partial charge on any atom is -0.381 e. The van der Waals surface area contributed by atoms with Crippen LogP contribution in [-0.4, -0.2) is 48.2 Å². The molecule has 0 amide bonds. The number of ether oxygens (including phenoxy) is 1.